The van der Waals surface area contributed by atoms with Crippen LogP contribution < -0.4 is 0 Å². The molecular weight excluding hydrogens is 545 g/mol. The van der Waals surface area contributed by atoms with E-state index in [9.17, 15) is 30.7 Å². The van der Waals surface area contributed by atoms with Crippen LogP contribution in [-0.4, -0.2) is 75.8 Å². The van der Waals surface area contributed by atoms with Crippen molar-refractivity contribution in [2.24, 2.45) is 0 Å². The van der Waals surface area contributed by atoms with Crippen molar-refractivity contribution in [3.63, 3.8) is 0 Å². The van der Waals surface area contributed by atoms with Crippen LogP contribution in [0.25, 0.3) is 0 Å². The number of pyridine rings is 1. The van der Waals surface area contributed by atoms with Crippen molar-refractivity contribution in [3.05, 3.63) is 65.7 Å². The Bertz CT molecular complexity index is 1040. The molecule has 1 aromatic carbocycles. The Morgan fingerprint density at radius 1 is 1.00 bits per heavy atom. The molecule has 1 aliphatic heterocycles. The van der Waals surface area contributed by atoms with E-state index in [0.29, 0.717) is 19.3 Å². The van der Waals surface area contributed by atoms with E-state index in [4.69, 9.17) is 29.3 Å². The highest BCUT2D eigenvalue weighted by Gasteiger charge is 2.43. The number of benzene rings is 1. The summed E-state index contributed by atoms with van der Waals surface area (Å²) in [6, 6.07) is 11.2. The summed E-state index contributed by atoms with van der Waals surface area (Å²) in [5.41, 5.74) is 2.10. The third-order valence-corrected chi connectivity index (χ3v) is 5.60. The molecule has 8 nitrogen and oxygen atoms in total. The van der Waals surface area contributed by atoms with Gasteiger partial charge in [0.1, 0.15) is 5.82 Å². The SMILES string of the molecule is Fc1cccc(CN2CCO[C@H]3[C@H](OCc4cccnc4)CC[C@@H]32)c1.O=C(O)C(F)(F)F.O=C(O)C(F)(F)F. The fraction of sp³-hybridized carbons (Fsp3) is 0.458. The minimum Gasteiger partial charge on any atom is -0.475 e. The molecule has 1 saturated heterocycles. The number of nitrogens with zero attached hydrogens (tertiary/aromatic N) is 2. The maximum Gasteiger partial charge on any atom is 0.490 e. The quantitative estimate of drug-likeness (QED) is 0.509. The maximum atomic E-state index is 13.4. The lowest BCUT2D eigenvalue weighted by Crippen LogP contribution is -2.51. The Balaban J connectivity index is 0.000000317. The minimum absolute atomic E-state index is 0.0963. The molecule has 1 saturated carbocycles. The summed E-state index contributed by atoms with van der Waals surface area (Å²) in [4.78, 5) is 24.3. The van der Waals surface area contributed by atoms with E-state index in [1.165, 1.54) is 6.07 Å². The molecule has 0 radical (unpaired) electrons. The third kappa shape index (κ3) is 10.8. The largest absolute Gasteiger partial charge is 0.490 e. The van der Waals surface area contributed by atoms with Gasteiger partial charge in [0.05, 0.1) is 25.4 Å². The third-order valence-electron chi connectivity index (χ3n) is 5.60. The Labute approximate surface area is 218 Å². The smallest absolute Gasteiger partial charge is 0.475 e. The summed E-state index contributed by atoms with van der Waals surface area (Å²) < 4.78 is 89.1. The molecule has 0 bridgehead atoms. The summed E-state index contributed by atoms with van der Waals surface area (Å²) in [6.07, 6.45) is -4.31. The van der Waals surface area contributed by atoms with Crippen molar-refractivity contribution in [1.29, 1.82) is 0 Å². The number of aliphatic carboxylic acids is 2. The van der Waals surface area contributed by atoms with Crippen LogP contribution in [-0.2, 0) is 32.2 Å². The molecule has 3 atom stereocenters. The molecule has 2 fully saturated rings. The summed E-state index contributed by atoms with van der Waals surface area (Å²) in [6.45, 7) is 2.91. The lowest BCUT2D eigenvalue weighted by atomic mass is 10.1. The minimum atomic E-state index is -5.08. The molecule has 0 spiro atoms. The molecule has 0 amide bonds. The molecule has 15 heteroatoms. The van der Waals surface area contributed by atoms with Crippen molar-refractivity contribution in [2.75, 3.05) is 13.2 Å². The molecule has 39 heavy (non-hydrogen) atoms. The van der Waals surface area contributed by atoms with Gasteiger partial charge in [-0.25, -0.2) is 14.0 Å². The first-order valence-corrected chi connectivity index (χ1v) is 11.4. The van der Waals surface area contributed by atoms with Crippen molar-refractivity contribution < 1.29 is 60.0 Å². The lowest BCUT2D eigenvalue weighted by Gasteiger charge is -2.39. The number of aromatic nitrogens is 1. The Hall–Kier alpha value is -3.30. The fourth-order valence-electron chi connectivity index (χ4n) is 3.92. The van der Waals surface area contributed by atoms with Crippen LogP contribution in [0.2, 0.25) is 0 Å². The topological polar surface area (TPSA) is 109 Å². The number of fused-ring (bicyclic) bond motifs is 1. The number of morpholine rings is 1. The van der Waals surface area contributed by atoms with Crippen LogP contribution in [0, 0.1) is 5.82 Å². The molecule has 2 heterocycles. The van der Waals surface area contributed by atoms with Gasteiger partial charge < -0.3 is 19.7 Å². The van der Waals surface area contributed by atoms with Crippen molar-refractivity contribution >= 4 is 11.9 Å². The second-order valence-electron chi connectivity index (χ2n) is 8.40. The van der Waals surface area contributed by atoms with Gasteiger partial charge in [-0.3, -0.25) is 9.88 Å². The van der Waals surface area contributed by atoms with Crippen LogP contribution in [0.1, 0.15) is 24.0 Å². The van der Waals surface area contributed by atoms with Crippen LogP contribution in [0.4, 0.5) is 30.7 Å². The summed E-state index contributed by atoms with van der Waals surface area (Å²) in [5, 5.41) is 14.2. The van der Waals surface area contributed by atoms with Crippen molar-refractivity contribution in [3.8, 4) is 0 Å². The van der Waals surface area contributed by atoms with Gasteiger partial charge in [0.15, 0.2) is 0 Å². The zero-order valence-corrected chi connectivity index (χ0v) is 20.2. The number of carbonyl (C=O) groups is 2. The average Bonchev–Trinajstić information content (AvgIpc) is 3.27. The normalized spacial score (nSPS) is 21.1. The van der Waals surface area contributed by atoms with E-state index < -0.39 is 24.3 Å². The predicted octanol–water partition coefficient (Wildman–Crippen LogP) is 4.44. The molecule has 2 N–H and O–H groups in total. The number of rotatable bonds is 5. The first-order chi connectivity index (χ1) is 18.2. The van der Waals surface area contributed by atoms with E-state index in [-0.39, 0.29) is 18.0 Å². The van der Waals surface area contributed by atoms with E-state index in [1.807, 2.05) is 24.4 Å². The van der Waals surface area contributed by atoms with Crippen LogP contribution >= 0.6 is 0 Å². The highest BCUT2D eigenvalue weighted by Crippen LogP contribution is 2.33. The van der Waals surface area contributed by atoms with Gasteiger partial charge >= 0.3 is 24.3 Å². The standard InChI is InChI=1S/C20H23FN2O2.2C2HF3O2/c21-17-5-1-3-15(11-17)13-23-9-10-24-20-18(23)6-7-19(20)25-14-16-4-2-8-22-12-16;2*3-2(4,5)1(6)7/h1-5,8,11-12,18-20H,6-7,9-10,13-14H2;2*(H,6,7)/t18-,19+,20+;;/m0../s1. The number of hydrogen-bond acceptors (Lipinski definition) is 6. The zero-order valence-electron chi connectivity index (χ0n) is 20.2. The summed E-state index contributed by atoms with van der Waals surface area (Å²) >= 11 is 0. The molecule has 4 rings (SSSR count). The van der Waals surface area contributed by atoms with Gasteiger partial charge in [-0.1, -0.05) is 18.2 Å². The van der Waals surface area contributed by atoms with E-state index in [2.05, 4.69) is 9.88 Å². The number of halogens is 7. The summed E-state index contributed by atoms with van der Waals surface area (Å²) in [5.74, 6) is -5.69. The first-order valence-electron chi connectivity index (χ1n) is 11.4. The Kier molecular flexibility index (Phi) is 11.6. The number of ether oxygens (including phenoxy) is 2. The molecule has 1 aromatic heterocycles. The number of alkyl halides is 6. The van der Waals surface area contributed by atoms with E-state index in [0.717, 1.165) is 37.1 Å². The van der Waals surface area contributed by atoms with E-state index in [1.54, 1.807) is 18.3 Å². The van der Waals surface area contributed by atoms with Gasteiger partial charge in [-0.2, -0.15) is 26.3 Å². The molecule has 0 unspecified atom stereocenters. The highest BCUT2D eigenvalue weighted by atomic mass is 19.4. The number of carboxylic acid groups (broad SMARTS) is 2. The monoisotopic (exact) mass is 570 g/mol. The van der Waals surface area contributed by atoms with Crippen molar-refractivity contribution in [2.45, 2.75) is 56.6 Å². The van der Waals surface area contributed by atoms with Crippen LogP contribution in [0.3, 0.4) is 0 Å². The summed E-state index contributed by atoms with van der Waals surface area (Å²) in [7, 11) is 0. The maximum absolute atomic E-state index is 13.4. The predicted molar refractivity (Wildman–Crippen MR) is 120 cm³/mol. The van der Waals surface area contributed by atoms with Crippen LogP contribution in [0.5, 0.6) is 0 Å². The van der Waals surface area contributed by atoms with Gasteiger partial charge in [-0.15, -0.1) is 0 Å². The van der Waals surface area contributed by atoms with Crippen LogP contribution in [0.15, 0.2) is 48.8 Å². The van der Waals surface area contributed by atoms with Crippen molar-refractivity contribution in [1.82, 2.24) is 9.88 Å². The lowest BCUT2D eigenvalue weighted by molar-refractivity contribution is -0.193. The second kappa shape index (κ2) is 14.2. The molecular formula is C24H25F7N2O6. The zero-order chi connectivity index (χ0) is 29.2. The molecule has 216 valence electrons. The number of carboxylic acids is 2. The Morgan fingerprint density at radius 3 is 2.15 bits per heavy atom. The molecule has 2 aromatic rings. The average molecular weight is 570 g/mol. The highest BCUT2D eigenvalue weighted by molar-refractivity contribution is 5.73. The molecule has 2 aliphatic rings. The molecule has 1 aliphatic carbocycles. The number of hydrogen-bond donors (Lipinski definition) is 2. The van der Waals surface area contributed by atoms with Gasteiger partial charge in [0.2, 0.25) is 0 Å². The van der Waals surface area contributed by atoms with Gasteiger partial charge in [0, 0.05) is 31.5 Å². The second-order valence-corrected chi connectivity index (χ2v) is 8.40. The first kappa shape index (κ1) is 31.9. The fourth-order valence-corrected chi connectivity index (χ4v) is 3.92. The van der Waals surface area contributed by atoms with Gasteiger partial charge in [0.25, 0.3) is 0 Å². The Morgan fingerprint density at radius 2 is 1.62 bits per heavy atom. The van der Waals surface area contributed by atoms with E-state index >= 15 is 0 Å². The van der Waals surface area contributed by atoms with Gasteiger partial charge in [-0.05, 0) is 42.2 Å².